The summed E-state index contributed by atoms with van der Waals surface area (Å²) in [6.07, 6.45) is 0. The molecule has 43 heavy (non-hydrogen) atoms. The first-order valence-corrected chi connectivity index (χ1v) is 15.9. The van der Waals surface area contributed by atoms with Crippen LogP contribution in [-0.2, 0) is 5.41 Å². The molecule has 0 spiro atoms. The SMILES string of the molecule is CC1(C)c2ccccc2-c2sc3c(ccc4c5cc6c7ccccc7c7ccccc7c6cc5n(-c5ccccc5)c43)c21. The van der Waals surface area contributed by atoms with Crippen LogP contribution >= 0.6 is 11.3 Å². The largest absolute Gasteiger partial charge is 0.308 e. The molecule has 0 saturated carbocycles. The summed E-state index contributed by atoms with van der Waals surface area (Å²) in [5.74, 6) is 0. The fourth-order valence-corrected chi connectivity index (χ4v) is 9.60. The zero-order valence-corrected chi connectivity index (χ0v) is 24.8. The second-order valence-electron chi connectivity index (χ2n) is 12.5. The zero-order valence-electron chi connectivity index (χ0n) is 24.0. The van der Waals surface area contributed by atoms with E-state index in [0.29, 0.717) is 0 Å². The highest BCUT2D eigenvalue weighted by Gasteiger charge is 2.39. The molecule has 10 rings (SSSR count). The van der Waals surface area contributed by atoms with Gasteiger partial charge in [-0.05, 0) is 78.7 Å². The van der Waals surface area contributed by atoms with E-state index in [1.54, 1.807) is 0 Å². The highest BCUT2D eigenvalue weighted by atomic mass is 32.1. The van der Waals surface area contributed by atoms with Gasteiger partial charge in [-0.3, -0.25) is 0 Å². The van der Waals surface area contributed by atoms with Gasteiger partial charge in [-0.15, -0.1) is 11.3 Å². The van der Waals surface area contributed by atoms with Crippen LogP contribution in [0.25, 0.3) is 80.3 Å². The van der Waals surface area contributed by atoms with Gasteiger partial charge >= 0.3 is 0 Å². The van der Waals surface area contributed by atoms with Crippen LogP contribution in [0, 0.1) is 0 Å². The Balaban J connectivity index is 1.44. The minimum absolute atomic E-state index is 0.0338. The maximum Gasteiger partial charge on any atom is 0.0719 e. The van der Waals surface area contributed by atoms with Crippen LogP contribution in [-0.4, -0.2) is 4.57 Å². The predicted octanol–water partition coefficient (Wildman–Crippen LogP) is 11.8. The number of benzene rings is 7. The van der Waals surface area contributed by atoms with Gasteiger partial charge < -0.3 is 4.57 Å². The van der Waals surface area contributed by atoms with Gasteiger partial charge in [0.1, 0.15) is 0 Å². The fourth-order valence-electron chi connectivity index (χ4n) is 8.06. The molecule has 2 heteroatoms. The van der Waals surface area contributed by atoms with E-state index >= 15 is 0 Å². The van der Waals surface area contributed by atoms with E-state index in [0.717, 1.165) is 0 Å². The Bertz CT molecular complexity index is 2630. The van der Waals surface area contributed by atoms with Gasteiger partial charge in [0.25, 0.3) is 0 Å². The molecule has 0 radical (unpaired) electrons. The number of hydrogen-bond acceptors (Lipinski definition) is 1. The first-order chi connectivity index (χ1) is 21.1. The molecule has 0 unspecified atom stereocenters. The Labute approximate surface area is 253 Å². The van der Waals surface area contributed by atoms with Crippen LogP contribution < -0.4 is 0 Å². The third-order valence-electron chi connectivity index (χ3n) is 9.93. The van der Waals surface area contributed by atoms with E-state index in [1.165, 1.54) is 91.5 Å². The van der Waals surface area contributed by atoms with Gasteiger partial charge in [-0.2, -0.15) is 0 Å². The second kappa shape index (κ2) is 8.12. The molecule has 1 aliphatic rings. The minimum atomic E-state index is -0.0338. The fraction of sp³-hybridized carbons (Fsp3) is 0.0732. The molecular weight excluding hydrogens is 539 g/mol. The second-order valence-corrected chi connectivity index (χ2v) is 13.5. The van der Waals surface area contributed by atoms with Gasteiger partial charge in [-0.25, -0.2) is 0 Å². The molecule has 0 N–H and O–H groups in total. The maximum absolute atomic E-state index is 2.53. The summed E-state index contributed by atoms with van der Waals surface area (Å²) in [7, 11) is 0. The van der Waals surface area contributed by atoms with Crippen molar-refractivity contribution in [2.75, 3.05) is 0 Å². The molecule has 0 aliphatic heterocycles. The maximum atomic E-state index is 2.53. The number of hydrogen-bond donors (Lipinski definition) is 0. The minimum Gasteiger partial charge on any atom is -0.308 e. The van der Waals surface area contributed by atoms with Crippen molar-refractivity contribution in [3.8, 4) is 16.1 Å². The molecule has 0 fully saturated rings. The van der Waals surface area contributed by atoms with Gasteiger partial charge in [0.05, 0.1) is 15.7 Å². The lowest BCUT2D eigenvalue weighted by molar-refractivity contribution is 0.667. The number of rotatable bonds is 1. The van der Waals surface area contributed by atoms with Crippen molar-refractivity contribution in [3.63, 3.8) is 0 Å². The van der Waals surface area contributed by atoms with Crippen molar-refractivity contribution in [2.45, 2.75) is 19.3 Å². The molecule has 1 aliphatic carbocycles. The van der Waals surface area contributed by atoms with Gasteiger partial charge in [0.15, 0.2) is 0 Å². The van der Waals surface area contributed by atoms with Gasteiger partial charge in [0, 0.05) is 26.8 Å². The Morgan fingerprint density at radius 1 is 0.512 bits per heavy atom. The Hall–Kier alpha value is -4.92. The summed E-state index contributed by atoms with van der Waals surface area (Å²) in [5, 5.41) is 11.9. The number of aromatic nitrogens is 1. The van der Waals surface area contributed by atoms with Gasteiger partial charge in [0.2, 0.25) is 0 Å². The monoisotopic (exact) mass is 565 g/mol. The first-order valence-electron chi connectivity index (χ1n) is 15.0. The lowest BCUT2D eigenvalue weighted by Gasteiger charge is -2.21. The summed E-state index contributed by atoms with van der Waals surface area (Å²) < 4.78 is 3.91. The van der Waals surface area contributed by atoms with E-state index < -0.39 is 0 Å². The topological polar surface area (TPSA) is 4.93 Å². The highest BCUT2D eigenvalue weighted by molar-refractivity contribution is 7.23. The summed E-state index contributed by atoms with van der Waals surface area (Å²) in [4.78, 5) is 1.43. The van der Waals surface area contributed by atoms with E-state index in [9.17, 15) is 0 Å². The molecule has 7 aromatic carbocycles. The van der Waals surface area contributed by atoms with Crippen LogP contribution in [0.4, 0.5) is 0 Å². The van der Waals surface area contributed by atoms with Crippen LogP contribution in [0.5, 0.6) is 0 Å². The molecule has 0 saturated heterocycles. The number of para-hydroxylation sites is 1. The number of fused-ring (bicyclic) bond motifs is 15. The Morgan fingerprint density at radius 2 is 1.09 bits per heavy atom. The highest BCUT2D eigenvalue weighted by Crippen LogP contribution is 2.57. The molecule has 202 valence electrons. The third kappa shape index (κ3) is 2.92. The van der Waals surface area contributed by atoms with Crippen LogP contribution in [0.3, 0.4) is 0 Å². The van der Waals surface area contributed by atoms with Crippen molar-refractivity contribution in [1.82, 2.24) is 4.57 Å². The first kappa shape index (κ1) is 23.6. The summed E-state index contributed by atoms with van der Waals surface area (Å²) >= 11 is 1.97. The zero-order chi connectivity index (χ0) is 28.4. The van der Waals surface area contributed by atoms with E-state index in [-0.39, 0.29) is 5.41 Å². The molecular formula is C41H27NS. The number of thiophene rings is 1. The predicted molar refractivity (Wildman–Crippen MR) is 186 cm³/mol. The third-order valence-corrected chi connectivity index (χ3v) is 11.2. The normalized spacial score (nSPS) is 14.0. The molecule has 0 atom stereocenters. The van der Waals surface area contributed by atoms with Crippen LogP contribution in [0.2, 0.25) is 0 Å². The Kier molecular flexibility index (Phi) is 4.46. The van der Waals surface area contributed by atoms with Crippen molar-refractivity contribution in [1.29, 1.82) is 0 Å². The molecule has 9 aromatic rings. The average molecular weight is 566 g/mol. The lowest BCUT2D eigenvalue weighted by Crippen LogP contribution is -2.14. The molecule has 0 bridgehead atoms. The summed E-state index contributed by atoms with van der Waals surface area (Å²) in [6, 6.07) is 47.4. The van der Waals surface area contributed by atoms with E-state index in [1.807, 2.05) is 11.3 Å². The molecule has 1 nitrogen and oxygen atoms in total. The van der Waals surface area contributed by atoms with Crippen molar-refractivity contribution < 1.29 is 0 Å². The van der Waals surface area contributed by atoms with Crippen LogP contribution in [0.15, 0.2) is 127 Å². The lowest BCUT2D eigenvalue weighted by atomic mass is 9.81. The number of nitrogens with zero attached hydrogens (tertiary/aromatic N) is 1. The quantitative estimate of drug-likeness (QED) is 0.174. The Morgan fingerprint density at radius 3 is 1.81 bits per heavy atom. The van der Waals surface area contributed by atoms with Crippen molar-refractivity contribution in [2.24, 2.45) is 0 Å². The summed E-state index contributed by atoms with van der Waals surface area (Å²) in [6.45, 7) is 4.79. The molecule has 0 amide bonds. The van der Waals surface area contributed by atoms with E-state index in [4.69, 9.17) is 0 Å². The smallest absolute Gasteiger partial charge is 0.0719 e. The van der Waals surface area contributed by atoms with Crippen LogP contribution in [0.1, 0.15) is 25.0 Å². The van der Waals surface area contributed by atoms with Crippen molar-refractivity contribution in [3.05, 3.63) is 139 Å². The summed E-state index contributed by atoms with van der Waals surface area (Å²) in [5.41, 5.74) is 8.05. The van der Waals surface area contributed by atoms with Gasteiger partial charge in [-0.1, -0.05) is 117 Å². The molecule has 2 aromatic heterocycles. The molecule has 2 heterocycles. The van der Waals surface area contributed by atoms with E-state index in [2.05, 4.69) is 146 Å². The van der Waals surface area contributed by atoms with Crippen molar-refractivity contribution >= 4 is 75.5 Å². The standard InChI is InChI=1S/C41H27NS/c1-41(2)35-19-11-10-18-30(35)39-37(41)31-21-20-29-34-22-32-27-16-8-6-14-25(27)26-15-7-9-17-28(26)33(32)23-36(34)42(38(29)40(31)43-39)24-12-4-3-5-13-24/h3-23H,1-2H3. The average Bonchev–Trinajstić information content (AvgIpc) is 3.67.